The number of rotatable bonds is 8. The van der Waals surface area contributed by atoms with Crippen LogP contribution in [-0.2, 0) is 17.9 Å². The van der Waals surface area contributed by atoms with Crippen LogP contribution in [0.3, 0.4) is 0 Å². The number of pyridine rings is 1. The number of carbonyl (C=O) groups is 1. The number of nitrogens with zero attached hydrogens (tertiary/aromatic N) is 6. The highest BCUT2D eigenvalue weighted by atomic mass is 19.1. The molecule has 1 fully saturated rings. The van der Waals surface area contributed by atoms with Crippen LogP contribution >= 0.6 is 0 Å². The van der Waals surface area contributed by atoms with E-state index in [1.165, 1.54) is 26.4 Å². The maximum atomic E-state index is 15.2. The number of ether oxygens (including phenoxy) is 2. The van der Waals surface area contributed by atoms with E-state index in [9.17, 15) is 9.90 Å². The number of fused-ring (bicyclic) bond motifs is 1. The molecule has 0 bridgehead atoms. The lowest BCUT2D eigenvalue weighted by atomic mass is 10.1. The van der Waals surface area contributed by atoms with Gasteiger partial charge in [-0.1, -0.05) is 0 Å². The fourth-order valence-corrected chi connectivity index (χ4v) is 4.52. The Morgan fingerprint density at radius 1 is 1.23 bits per heavy atom. The van der Waals surface area contributed by atoms with Crippen molar-refractivity contribution in [2.45, 2.75) is 51.4 Å². The summed E-state index contributed by atoms with van der Waals surface area (Å²) in [4.78, 5) is 26.0. The van der Waals surface area contributed by atoms with Gasteiger partial charge in [0.15, 0.2) is 17.2 Å². The number of benzene rings is 1. The van der Waals surface area contributed by atoms with Crippen LogP contribution in [0.25, 0.3) is 22.4 Å². The smallest absolute Gasteiger partial charge is 0.220 e. The summed E-state index contributed by atoms with van der Waals surface area (Å²) in [5, 5.41) is 17.5. The van der Waals surface area contributed by atoms with E-state index < -0.39 is 11.4 Å². The van der Waals surface area contributed by atoms with Gasteiger partial charge in [-0.3, -0.25) is 14.5 Å². The van der Waals surface area contributed by atoms with Crippen LogP contribution in [0.15, 0.2) is 47.8 Å². The summed E-state index contributed by atoms with van der Waals surface area (Å²) in [5.41, 5.74) is 1.94. The lowest BCUT2D eigenvalue weighted by Gasteiger charge is -2.17. The Bertz CT molecular complexity index is 1610. The Kier molecular flexibility index (Phi) is 7.04. The molecule has 204 valence electrons. The summed E-state index contributed by atoms with van der Waals surface area (Å²) in [6, 6.07) is 6.30. The number of hydrogen-bond donors (Lipinski definition) is 2. The zero-order chi connectivity index (χ0) is 27.7. The predicted molar refractivity (Wildman–Crippen MR) is 141 cm³/mol. The Morgan fingerprint density at radius 2 is 2.05 bits per heavy atom. The molecule has 1 saturated heterocycles. The molecule has 2 N–H and O–H groups in total. The van der Waals surface area contributed by atoms with Crippen molar-refractivity contribution in [2.24, 2.45) is 4.99 Å². The minimum Gasteiger partial charge on any atom is -0.497 e. The number of methoxy groups -OCH3 is 2. The van der Waals surface area contributed by atoms with Crippen LogP contribution < -0.4 is 20.3 Å². The SMILES string of the molecule is COc1cc(N=c2ccc3ncc(-c4cnn(CC(C)(C)O)c4)nc3n2CC2CCC(=O)N2)c(F)c(OC)c1. The topological polar surface area (TPSA) is 129 Å². The zero-order valence-corrected chi connectivity index (χ0v) is 22.2. The zero-order valence-electron chi connectivity index (χ0n) is 22.2. The van der Waals surface area contributed by atoms with Crippen molar-refractivity contribution in [3.8, 4) is 22.8 Å². The molecule has 12 heteroatoms. The number of aromatic nitrogens is 5. The van der Waals surface area contributed by atoms with Gasteiger partial charge in [-0.25, -0.2) is 14.4 Å². The minimum atomic E-state index is -0.929. The number of hydrogen-bond acceptors (Lipinski definition) is 8. The average molecular weight is 536 g/mol. The average Bonchev–Trinajstić information content (AvgIpc) is 3.53. The Balaban J connectivity index is 1.66. The summed E-state index contributed by atoms with van der Waals surface area (Å²) in [5.74, 6) is -0.242. The van der Waals surface area contributed by atoms with Gasteiger partial charge >= 0.3 is 0 Å². The van der Waals surface area contributed by atoms with E-state index in [4.69, 9.17) is 14.5 Å². The maximum absolute atomic E-state index is 15.2. The molecule has 0 aliphatic carbocycles. The number of aliphatic hydroxyl groups is 1. The van der Waals surface area contributed by atoms with Crippen molar-refractivity contribution in [2.75, 3.05) is 14.2 Å². The van der Waals surface area contributed by atoms with Crippen LogP contribution in [-0.4, -0.2) is 61.2 Å². The van der Waals surface area contributed by atoms with Gasteiger partial charge in [0.25, 0.3) is 0 Å². The summed E-state index contributed by atoms with van der Waals surface area (Å²) in [6.07, 6.45) is 6.19. The van der Waals surface area contributed by atoms with Crippen LogP contribution in [0.1, 0.15) is 26.7 Å². The molecule has 1 aliphatic rings. The van der Waals surface area contributed by atoms with Gasteiger partial charge in [0.1, 0.15) is 22.4 Å². The first-order chi connectivity index (χ1) is 18.6. The van der Waals surface area contributed by atoms with E-state index in [0.29, 0.717) is 54.0 Å². The van der Waals surface area contributed by atoms with Crippen LogP contribution in [0.4, 0.5) is 10.1 Å². The number of halogens is 1. The molecule has 1 aliphatic heterocycles. The molecule has 5 rings (SSSR count). The lowest BCUT2D eigenvalue weighted by molar-refractivity contribution is -0.119. The molecule has 4 heterocycles. The number of nitrogens with one attached hydrogen (secondary N) is 1. The van der Waals surface area contributed by atoms with E-state index >= 15 is 4.39 Å². The van der Waals surface area contributed by atoms with Gasteiger partial charge < -0.3 is 24.5 Å². The van der Waals surface area contributed by atoms with Gasteiger partial charge in [0.2, 0.25) is 5.91 Å². The van der Waals surface area contributed by atoms with Crippen molar-refractivity contribution >= 4 is 22.8 Å². The molecule has 0 spiro atoms. The molecule has 0 radical (unpaired) electrons. The third kappa shape index (κ3) is 5.75. The highest BCUT2D eigenvalue weighted by Crippen LogP contribution is 2.32. The van der Waals surface area contributed by atoms with Gasteiger partial charge in [-0.15, -0.1) is 0 Å². The van der Waals surface area contributed by atoms with E-state index in [0.717, 1.165) is 5.56 Å². The molecule has 11 nitrogen and oxygen atoms in total. The Morgan fingerprint density at radius 3 is 2.74 bits per heavy atom. The molecule has 39 heavy (non-hydrogen) atoms. The number of amides is 1. The van der Waals surface area contributed by atoms with Crippen LogP contribution in [0.5, 0.6) is 11.5 Å². The lowest BCUT2D eigenvalue weighted by Crippen LogP contribution is -2.34. The molecular formula is C27H30FN7O4. The quantitative estimate of drug-likeness (QED) is 0.355. The highest BCUT2D eigenvalue weighted by molar-refractivity contribution is 5.78. The normalized spacial score (nSPS) is 16.1. The molecule has 1 atom stereocenters. The third-order valence-corrected chi connectivity index (χ3v) is 6.35. The fourth-order valence-electron chi connectivity index (χ4n) is 4.52. The van der Waals surface area contributed by atoms with Gasteiger partial charge in [0, 0.05) is 42.9 Å². The van der Waals surface area contributed by atoms with Crippen LogP contribution in [0, 0.1) is 5.82 Å². The monoisotopic (exact) mass is 535 g/mol. The first-order valence-corrected chi connectivity index (χ1v) is 12.5. The molecule has 0 saturated carbocycles. The molecule has 1 amide bonds. The standard InChI is InChI=1S/C27H30FN7O4/c1-27(2,37)15-34-13-16(11-30-34)21-12-29-19-6-7-23(32-20-9-18(38-3)10-22(39-4)25(20)28)35(26(19)33-21)14-17-5-8-24(36)31-17/h6-7,9-13,17,37H,5,8,14-15H2,1-4H3,(H,31,36). The fraction of sp³-hybridized carbons (Fsp3) is 0.370. The van der Waals surface area contributed by atoms with Crippen molar-refractivity contribution in [3.63, 3.8) is 0 Å². The summed E-state index contributed by atoms with van der Waals surface area (Å²) < 4.78 is 29.1. The molecular weight excluding hydrogens is 505 g/mol. The second kappa shape index (κ2) is 10.4. The van der Waals surface area contributed by atoms with Crippen molar-refractivity contribution < 1.29 is 23.8 Å². The van der Waals surface area contributed by atoms with E-state index in [-0.39, 0.29) is 23.4 Å². The second-order valence-electron chi connectivity index (χ2n) is 10.1. The van der Waals surface area contributed by atoms with Crippen molar-refractivity contribution in [3.05, 3.63) is 54.2 Å². The first-order valence-electron chi connectivity index (χ1n) is 12.5. The van der Waals surface area contributed by atoms with Crippen molar-refractivity contribution in [1.82, 2.24) is 29.6 Å². The van der Waals surface area contributed by atoms with Gasteiger partial charge in [0.05, 0.1) is 44.5 Å². The molecule has 1 aromatic carbocycles. The third-order valence-electron chi connectivity index (χ3n) is 6.35. The summed E-state index contributed by atoms with van der Waals surface area (Å²) in [7, 11) is 2.86. The van der Waals surface area contributed by atoms with E-state index in [2.05, 4.69) is 20.4 Å². The van der Waals surface area contributed by atoms with Crippen LogP contribution in [0.2, 0.25) is 0 Å². The maximum Gasteiger partial charge on any atom is 0.220 e. The number of carbonyl (C=O) groups excluding carboxylic acids is 1. The highest BCUT2D eigenvalue weighted by Gasteiger charge is 2.23. The van der Waals surface area contributed by atoms with Gasteiger partial charge in [-0.2, -0.15) is 5.10 Å². The Labute approximate surface area is 224 Å². The molecule has 1 unspecified atom stereocenters. The minimum absolute atomic E-state index is 0.00800. The predicted octanol–water partition coefficient (Wildman–Crippen LogP) is 2.73. The molecule has 3 aromatic heterocycles. The Hall–Kier alpha value is -4.32. The van der Waals surface area contributed by atoms with E-state index in [1.807, 2.05) is 4.57 Å². The largest absolute Gasteiger partial charge is 0.497 e. The molecule has 4 aromatic rings. The second-order valence-corrected chi connectivity index (χ2v) is 10.1. The summed E-state index contributed by atoms with van der Waals surface area (Å²) >= 11 is 0. The van der Waals surface area contributed by atoms with Crippen molar-refractivity contribution in [1.29, 1.82) is 0 Å². The summed E-state index contributed by atoms with van der Waals surface area (Å²) in [6.45, 7) is 4.09. The van der Waals surface area contributed by atoms with E-state index in [1.54, 1.807) is 49.3 Å². The van der Waals surface area contributed by atoms with Gasteiger partial charge in [-0.05, 0) is 32.4 Å². The first kappa shape index (κ1) is 26.3.